The molecule has 2 rings (SSSR count). The van der Waals surface area contributed by atoms with E-state index in [1.165, 1.54) is 11.3 Å². The second kappa shape index (κ2) is 6.01. The first-order valence-corrected chi connectivity index (χ1v) is 6.62. The first-order chi connectivity index (χ1) is 8.72. The van der Waals surface area contributed by atoms with Crippen molar-refractivity contribution in [2.24, 2.45) is 0 Å². The number of thiophene rings is 1. The molecular weight excluding hydrogens is 250 g/mol. The maximum atomic E-state index is 12.3. The van der Waals surface area contributed by atoms with E-state index in [1.807, 2.05) is 17.9 Å². The van der Waals surface area contributed by atoms with Gasteiger partial charge in [0.15, 0.2) is 0 Å². The van der Waals surface area contributed by atoms with Crippen LogP contribution in [0, 0.1) is 11.8 Å². The summed E-state index contributed by atoms with van der Waals surface area (Å²) in [6.45, 7) is 3.64. The number of ether oxygens (including phenoxy) is 1. The summed E-state index contributed by atoms with van der Waals surface area (Å²) in [5, 5.41) is 8.62. The van der Waals surface area contributed by atoms with Crippen LogP contribution in [0.4, 0.5) is 0 Å². The highest BCUT2D eigenvalue weighted by molar-refractivity contribution is 7.14. The topological polar surface area (TPSA) is 49.8 Å². The van der Waals surface area contributed by atoms with Crippen LogP contribution in [0.5, 0.6) is 0 Å². The van der Waals surface area contributed by atoms with Crippen molar-refractivity contribution in [2.45, 2.75) is 13.0 Å². The molecule has 1 unspecified atom stereocenters. The second-order valence-corrected chi connectivity index (χ2v) is 5.13. The van der Waals surface area contributed by atoms with E-state index in [2.05, 4.69) is 11.8 Å². The SMILES string of the molecule is CC1COCCN1C(=O)c1ccc(C#CCO)s1. The lowest BCUT2D eigenvalue weighted by atomic mass is 10.2. The summed E-state index contributed by atoms with van der Waals surface area (Å²) in [4.78, 5) is 15.6. The predicted molar refractivity (Wildman–Crippen MR) is 69.6 cm³/mol. The summed E-state index contributed by atoms with van der Waals surface area (Å²) in [5.74, 6) is 5.42. The molecule has 2 heterocycles. The molecule has 0 bridgehead atoms. The van der Waals surface area contributed by atoms with E-state index in [0.29, 0.717) is 24.6 Å². The van der Waals surface area contributed by atoms with Crippen LogP contribution in [0.25, 0.3) is 0 Å². The van der Waals surface area contributed by atoms with E-state index < -0.39 is 0 Å². The average Bonchev–Trinajstić information content (AvgIpc) is 2.85. The van der Waals surface area contributed by atoms with Crippen LogP contribution in [-0.4, -0.2) is 48.3 Å². The van der Waals surface area contributed by atoms with Crippen LogP contribution in [0.1, 0.15) is 21.5 Å². The number of amides is 1. The van der Waals surface area contributed by atoms with Gasteiger partial charge in [0.25, 0.3) is 5.91 Å². The highest BCUT2D eigenvalue weighted by Gasteiger charge is 2.25. The highest BCUT2D eigenvalue weighted by Crippen LogP contribution is 2.19. The third kappa shape index (κ3) is 2.91. The summed E-state index contributed by atoms with van der Waals surface area (Å²) in [6.07, 6.45) is 0. The molecular formula is C13H15NO3S. The maximum absolute atomic E-state index is 12.3. The van der Waals surface area contributed by atoms with E-state index in [1.54, 1.807) is 6.07 Å². The maximum Gasteiger partial charge on any atom is 0.264 e. The number of morpholine rings is 1. The van der Waals surface area contributed by atoms with Gasteiger partial charge in [-0.2, -0.15) is 0 Å². The fraction of sp³-hybridized carbons (Fsp3) is 0.462. The zero-order chi connectivity index (χ0) is 13.0. The molecule has 1 aromatic rings. The van der Waals surface area contributed by atoms with Crippen LogP contribution >= 0.6 is 11.3 Å². The Morgan fingerprint density at radius 3 is 3.22 bits per heavy atom. The summed E-state index contributed by atoms with van der Waals surface area (Å²) < 4.78 is 5.32. The van der Waals surface area contributed by atoms with Crippen LogP contribution in [0.2, 0.25) is 0 Å². The van der Waals surface area contributed by atoms with Crippen molar-refractivity contribution >= 4 is 17.2 Å². The van der Waals surface area contributed by atoms with E-state index in [0.717, 1.165) is 4.88 Å². The van der Waals surface area contributed by atoms with Crippen molar-refractivity contribution in [3.63, 3.8) is 0 Å². The number of aliphatic hydroxyl groups is 1. The number of nitrogens with zero attached hydrogens (tertiary/aromatic N) is 1. The van der Waals surface area contributed by atoms with Crippen molar-refractivity contribution in [3.05, 3.63) is 21.9 Å². The molecule has 1 fully saturated rings. The van der Waals surface area contributed by atoms with Crippen LogP contribution in [0.3, 0.4) is 0 Å². The van der Waals surface area contributed by atoms with Crippen LogP contribution in [-0.2, 0) is 4.74 Å². The molecule has 0 saturated carbocycles. The van der Waals surface area contributed by atoms with Gasteiger partial charge in [0, 0.05) is 6.54 Å². The fourth-order valence-electron chi connectivity index (χ4n) is 1.82. The lowest BCUT2D eigenvalue weighted by molar-refractivity contribution is 0.00387. The average molecular weight is 265 g/mol. The molecule has 1 aromatic heterocycles. The lowest BCUT2D eigenvalue weighted by Crippen LogP contribution is -2.46. The molecule has 5 heteroatoms. The normalized spacial score (nSPS) is 19.2. The summed E-state index contributed by atoms with van der Waals surface area (Å²) in [7, 11) is 0. The standard InChI is InChI=1S/C13H15NO3S/c1-10-9-17-8-6-14(10)13(16)12-5-4-11(18-12)3-2-7-15/h4-5,10,15H,6-9H2,1H3. The summed E-state index contributed by atoms with van der Waals surface area (Å²) >= 11 is 1.36. The van der Waals surface area contributed by atoms with Gasteiger partial charge in [-0.15, -0.1) is 11.3 Å². The number of hydrogen-bond donors (Lipinski definition) is 1. The minimum atomic E-state index is -0.165. The van der Waals surface area contributed by atoms with Gasteiger partial charge in [0.05, 0.1) is 29.0 Å². The number of aliphatic hydroxyl groups excluding tert-OH is 1. The Morgan fingerprint density at radius 1 is 1.67 bits per heavy atom. The molecule has 0 spiro atoms. The molecule has 1 N–H and O–H groups in total. The molecule has 1 aliphatic heterocycles. The van der Waals surface area contributed by atoms with Gasteiger partial charge in [-0.1, -0.05) is 11.8 Å². The first kappa shape index (κ1) is 13.1. The number of carbonyl (C=O) groups excluding carboxylic acids is 1. The van der Waals surface area contributed by atoms with Gasteiger partial charge in [-0.3, -0.25) is 4.79 Å². The van der Waals surface area contributed by atoms with Crippen LogP contribution < -0.4 is 0 Å². The number of rotatable bonds is 1. The fourth-order valence-corrected chi connectivity index (χ4v) is 2.65. The molecule has 1 atom stereocenters. The zero-order valence-corrected chi connectivity index (χ0v) is 11.0. The minimum absolute atomic E-state index is 0.0350. The largest absolute Gasteiger partial charge is 0.384 e. The van der Waals surface area contributed by atoms with Gasteiger partial charge in [-0.25, -0.2) is 0 Å². The Kier molecular flexibility index (Phi) is 4.37. The van der Waals surface area contributed by atoms with Crippen molar-refractivity contribution in [1.82, 2.24) is 4.90 Å². The Morgan fingerprint density at radius 2 is 2.50 bits per heavy atom. The molecule has 4 nitrogen and oxygen atoms in total. The first-order valence-electron chi connectivity index (χ1n) is 5.80. The quantitative estimate of drug-likeness (QED) is 0.769. The monoisotopic (exact) mass is 265 g/mol. The summed E-state index contributed by atoms with van der Waals surface area (Å²) in [5.41, 5.74) is 0. The Hall–Kier alpha value is -1.35. The molecule has 0 aromatic carbocycles. The van der Waals surface area contributed by atoms with E-state index in [9.17, 15) is 4.79 Å². The molecule has 1 amide bonds. The molecule has 18 heavy (non-hydrogen) atoms. The Labute approximate surface area is 110 Å². The number of carbonyl (C=O) groups is 1. The molecule has 0 aliphatic carbocycles. The molecule has 0 radical (unpaired) electrons. The molecule has 1 saturated heterocycles. The van der Waals surface area contributed by atoms with Crippen molar-refractivity contribution in [1.29, 1.82) is 0 Å². The van der Waals surface area contributed by atoms with Gasteiger partial charge in [0.2, 0.25) is 0 Å². The third-order valence-electron chi connectivity index (χ3n) is 2.74. The summed E-state index contributed by atoms with van der Waals surface area (Å²) in [6, 6.07) is 3.71. The minimum Gasteiger partial charge on any atom is -0.384 e. The lowest BCUT2D eigenvalue weighted by Gasteiger charge is -2.32. The van der Waals surface area contributed by atoms with Gasteiger partial charge in [-0.05, 0) is 19.1 Å². The third-order valence-corrected chi connectivity index (χ3v) is 3.72. The predicted octanol–water partition coefficient (Wildman–Crippen LogP) is 0.953. The van der Waals surface area contributed by atoms with Crippen molar-refractivity contribution in [2.75, 3.05) is 26.4 Å². The van der Waals surface area contributed by atoms with Gasteiger partial charge >= 0.3 is 0 Å². The number of hydrogen-bond acceptors (Lipinski definition) is 4. The Balaban J connectivity index is 2.10. The second-order valence-electron chi connectivity index (χ2n) is 4.05. The van der Waals surface area contributed by atoms with E-state index in [-0.39, 0.29) is 18.6 Å². The molecule has 1 aliphatic rings. The van der Waals surface area contributed by atoms with Crippen molar-refractivity contribution in [3.8, 4) is 11.8 Å². The highest BCUT2D eigenvalue weighted by atomic mass is 32.1. The Bertz CT molecular complexity index is 486. The van der Waals surface area contributed by atoms with Crippen LogP contribution in [0.15, 0.2) is 12.1 Å². The van der Waals surface area contributed by atoms with E-state index >= 15 is 0 Å². The zero-order valence-electron chi connectivity index (χ0n) is 10.2. The van der Waals surface area contributed by atoms with Gasteiger partial charge in [0.1, 0.15) is 6.61 Å². The van der Waals surface area contributed by atoms with Gasteiger partial charge < -0.3 is 14.7 Å². The van der Waals surface area contributed by atoms with Crippen molar-refractivity contribution < 1.29 is 14.6 Å². The smallest absolute Gasteiger partial charge is 0.264 e. The molecule has 96 valence electrons. The van der Waals surface area contributed by atoms with E-state index in [4.69, 9.17) is 9.84 Å².